The van der Waals surface area contributed by atoms with Crippen molar-refractivity contribution >= 4 is 17.2 Å². The van der Waals surface area contributed by atoms with Crippen molar-refractivity contribution in [3.8, 4) is 0 Å². The van der Waals surface area contributed by atoms with Crippen LogP contribution in [0, 0.1) is 0 Å². The van der Waals surface area contributed by atoms with Crippen molar-refractivity contribution in [1.82, 2.24) is 4.90 Å². The summed E-state index contributed by atoms with van der Waals surface area (Å²) in [5.74, 6) is 0. The number of rotatable bonds is 5. The van der Waals surface area contributed by atoms with Crippen LogP contribution in [0.25, 0.3) is 0 Å². The summed E-state index contributed by atoms with van der Waals surface area (Å²) in [5, 5.41) is 0. The Hall–Kier alpha value is -0.890. The second-order valence-corrected chi connectivity index (χ2v) is 3.91. The van der Waals surface area contributed by atoms with E-state index in [1.54, 1.807) is 0 Å². The number of likely N-dealkylation sites (N-methyl/N-ethyl adjacent to an activating group) is 1. The summed E-state index contributed by atoms with van der Waals surface area (Å²) in [5.41, 5.74) is 3.16. The van der Waals surface area contributed by atoms with Crippen LogP contribution in [0.15, 0.2) is 36.0 Å². The largest absolute Gasteiger partial charge is 0.363 e. The minimum absolute atomic E-state index is 0.880. The van der Waals surface area contributed by atoms with Crippen molar-refractivity contribution in [3.63, 3.8) is 0 Å². The number of hydrogen-bond acceptors (Lipinski definition) is 1. The first-order valence-corrected chi connectivity index (χ1v) is 5.68. The lowest BCUT2D eigenvalue weighted by Crippen LogP contribution is -2.31. The molecule has 0 radical (unpaired) electrons. The highest BCUT2D eigenvalue weighted by molar-refractivity contribution is 7.80. The average Bonchev–Trinajstić information content (AvgIpc) is 2.19. The van der Waals surface area contributed by atoms with Crippen LogP contribution in [-0.4, -0.2) is 23.0 Å². The molecule has 0 aromatic heterocycles. The van der Waals surface area contributed by atoms with Gasteiger partial charge in [0, 0.05) is 18.7 Å². The second kappa shape index (κ2) is 6.57. The fourth-order valence-corrected chi connectivity index (χ4v) is 2.05. The number of thiocarbonyl (C=S) groups is 1. The molecule has 0 bridgehead atoms. The van der Waals surface area contributed by atoms with E-state index in [0.29, 0.717) is 0 Å². The van der Waals surface area contributed by atoms with Crippen LogP contribution in [0.4, 0.5) is 0 Å². The Balaban J connectivity index is 5.21. The quantitative estimate of drug-likeness (QED) is 0.397. The molecule has 0 rings (SSSR count). The van der Waals surface area contributed by atoms with Gasteiger partial charge in [-0.25, -0.2) is 0 Å². The fraction of sp³-hybridized carbons (Fsp3) is 0.462. The maximum atomic E-state index is 5.47. The zero-order valence-corrected chi connectivity index (χ0v) is 11.1. The summed E-state index contributed by atoms with van der Waals surface area (Å²) >= 11 is 5.47. The third-order valence-electron chi connectivity index (χ3n) is 2.39. The first kappa shape index (κ1) is 14.1. The Morgan fingerprint density at radius 2 is 1.73 bits per heavy atom. The molecule has 0 aliphatic rings. The van der Waals surface area contributed by atoms with Gasteiger partial charge in [0.15, 0.2) is 0 Å². The molecule has 0 aromatic rings. The van der Waals surface area contributed by atoms with Crippen molar-refractivity contribution in [1.29, 1.82) is 0 Å². The lowest BCUT2D eigenvalue weighted by atomic mass is 10.0. The SMILES string of the molecule is C=C/C(C)=C(/C(=C)C)C(=S)N(CC)CC. The van der Waals surface area contributed by atoms with Crippen molar-refractivity contribution < 1.29 is 0 Å². The van der Waals surface area contributed by atoms with Crippen molar-refractivity contribution in [2.24, 2.45) is 0 Å². The molecule has 0 spiro atoms. The zero-order chi connectivity index (χ0) is 12.0. The van der Waals surface area contributed by atoms with Crippen LogP contribution in [0.3, 0.4) is 0 Å². The molecule has 1 nitrogen and oxygen atoms in total. The molecule has 0 aromatic carbocycles. The molecule has 0 aliphatic carbocycles. The minimum atomic E-state index is 0.880. The molecule has 0 amide bonds. The average molecular weight is 223 g/mol. The third kappa shape index (κ3) is 3.63. The van der Waals surface area contributed by atoms with E-state index in [2.05, 4.69) is 31.9 Å². The van der Waals surface area contributed by atoms with E-state index in [1.165, 1.54) is 0 Å². The van der Waals surface area contributed by atoms with E-state index in [9.17, 15) is 0 Å². The normalized spacial score (nSPS) is 11.7. The Labute approximate surface area is 99.2 Å². The predicted octanol–water partition coefficient (Wildman–Crippen LogP) is 3.73. The summed E-state index contributed by atoms with van der Waals surface area (Å²) in [6, 6.07) is 0. The van der Waals surface area contributed by atoms with Gasteiger partial charge in [-0.2, -0.15) is 0 Å². The monoisotopic (exact) mass is 223 g/mol. The molecule has 0 saturated heterocycles. The van der Waals surface area contributed by atoms with Crippen molar-refractivity contribution in [3.05, 3.63) is 36.0 Å². The first-order chi connectivity index (χ1) is 6.99. The third-order valence-corrected chi connectivity index (χ3v) is 2.85. The van der Waals surface area contributed by atoms with Crippen LogP contribution in [-0.2, 0) is 0 Å². The second-order valence-electron chi connectivity index (χ2n) is 3.52. The molecule has 0 N–H and O–H groups in total. The van der Waals surface area contributed by atoms with Crippen molar-refractivity contribution in [2.75, 3.05) is 13.1 Å². The van der Waals surface area contributed by atoms with E-state index in [-0.39, 0.29) is 0 Å². The number of hydrogen-bond donors (Lipinski definition) is 0. The van der Waals surface area contributed by atoms with Crippen LogP contribution in [0.1, 0.15) is 27.7 Å². The Morgan fingerprint density at radius 3 is 2.00 bits per heavy atom. The molecule has 0 saturated carbocycles. The van der Waals surface area contributed by atoms with Gasteiger partial charge < -0.3 is 4.90 Å². The molecule has 0 aliphatic heterocycles. The van der Waals surface area contributed by atoms with E-state index >= 15 is 0 Å². The van der Waals surface area contributed by atoms with Gasteiger partial charge in [0.25, 0.3) is 0 Å². The van der Waals surface area contributed by atoms with Gasteiger partial charge in [0.1, 0.15) is 4.99 Å². The maximum Gasteiger partial charge on any atom is 0.109 e. The van der Waals surface area contributed by atoms with Gasteiger partial charge in [-0.05, 0) is 38.8 Å². The standard InChI is InChI=1S/C13H21NS/c1-7-11(6)12(10(4)5)13(15)14(8-2)9-3/h7H,1,4,8-9H2,2-3,5-6H3/b12-11-. The van der Waals surface area contributed by atoms with Crippen molar-refractivity contribution in [2.45, 2.75) is 27.7 Å². The van der Waals surface area contributed by atoms with E-state index in [0.717, 1.165) is 34.8 Å². The highest BCUT2D eigenvalue weighted by atomic mass is 32.1. The summed E-state index contributed by atoms with van der Waals surface area (Å²) in [6.45, 7) is 17.8. The zero-order valence-electron chi connectivity index (χ0n) is 10.3. The molecule has 0 atom stereocenters. The lowest BCUT2D eigenvalue weighted by Gasteiger charge is -2.24. The fourth-order valence-electron chi connectivity index (χ4n) is 1.46. The summed E-state index contributed by atoms with van der Waals surface area (Å²) < 4.78 is 0. The number of allylic oxidation sites excluding steroid dienone is 2. The maximum absolute atomic E-state index is 5.47. The molecule has 15 heavy (non-hydrogen) atoms. The topological polar surface area (TPSA) is 3.24 Å². The molecular weight excluding hydrogens is 202 g/mol. The Bertz CT molecular complexity index is 296. The molecule has 2 heteroatoms. The van der Waals surface area contributed by atoms with Gasteiger partial charge in [0.05, 0.1) is 0 Å². The van der Waals surface area contributed by atoms with Crippen LogP contribution in [0.5, 0.6) is 0 Å². The summed E-state index contributed by atoms with van der Waals surface area (Å²) in [7, 11) is 0. The predicted molar refractivity (Wildman–Crippen MR) is 73.2 cm³/mol. The smallest absolute Gasteiger partial charge is 0.109 e. The lowest BCUT2D eigenvalue weighted by molar-refractivity contribution is 0.474. The van der Waals surface area contributed by atoms with Gasteiger partial charge in [-0.15, -0.1) is 0 Å². The highest BCUT2D eigenvalue weighted by Crippen LogP contribution is 2.18. The number of nitrogens with zero attached hydrogens (tertiary/aromatic N) is 1. The summed E-state index contributed by atoms with van der Waals surface area (Å²) in [6.07, 6.45) is 1.83. The van der Waals surface area contributed by atoms with Gasteiger partial charge in [-0.3, -0.25) is 0 Å². The van der Waals surface area contributed by atoms with E-state index in [1.807, 2.05) is 19.9 Å². The minimum Gasteiger partial charge on any atom is -0.363 e. The van der Waals surface area contributed by atoms with Gasteiger partial charge >= 0.3 is 0 Å². The molecule has 0 fully saturated rings. The highest BCUT2D eigenvalue weighted by Gasteiger charge is 2.13. The molecule has 0 heterocycles. The van der Waals surface area contributed by atoms with Crippen LogP contribution >= 0.6 is 12.2 Å². The Kier molecular flexibility index (Phi) is 6.18. The van der Waals surface area contributed by atoms with Gasteiger partial charge in [0.2, 0.25) is 0 Å². The van der Waals surface area contributed by atoms with E-state index in [4.69, 9.17) is 12.2 Å². The molecule has 84 valence electrons. The molecular formula is C13H21NS. The van der Waals surface area contributed by atoms with Crippen LogP contribution < -0.4 is 0 Å². The summed E-state index contributed by atoms with van der Waals surface area (Å²) in [4.78, 5) is 3.04. The van der Waals surface area contributed by atoms with Gasteiger partial charge in [-0.1, -0.05) is 31.5 Å². The Morgan fingerprint density at radius 1 is 1.27 bits per heavy atom. The van der Waals surface area contributed by atoms with E-state index < -0.39 is 0 Å². The van der Waals surface area contributed by atoms with Crippen LogP contribution in [0.2, 0.25) is 0 Å². The first-order valence-electron chi connectivity index (χ1n) is 5.27. The molecule has 0 unspecified atom stereocenters.